The molecule has 0 aliphatic carbocycles. The third-order valence-electron chi connectivity index (χ3n) is 3.90. The van der Waals surface area contributed by atoms with Gasteiger partial charge in [0.1, 0.15) is 0 Å². The maximum atomic E-state index is 6.07. The highest BCUT2D eigenvalue weighted by Gasteiger charge is 2.26. The second-order valence-corrected chi connectivity index (χ2v) is 6.07. The van der Waals surface area contributed by atoms with Crippen LogP contribution in [0.3, 0.4) is 0 Å². The molecule has 0 aromatic heterocycles. The fourth-order valence-electron chi connectivity index (χ4n) is 2.50. The van der Waals surface area contributed by atoms with E-state index < -0.39 is 0 Å². The fourth-order valence-corrected chi connectivity index (χ4v) is 2.76. The molecule has 0 amide bonds. The van der Waals surface area contributed by atoms with E-state index in [4.69, 9.17) is 5.73 Å². The van der Waals surface area contributed by atoms with Crippen LogP contribution in [0, 0.1) is 5.92 Å². The van der Waals surface area contributed by atoms with Crippen molar-refractivity contribution in [1.29, 1.82) is 0 Å². The Bertz CT molecular complexity index is 369. The second kappa shape index (κ2) is 6.90. The summed E-state index contributed by atoms with van der Waals surface area (Å²) < 4.78 is 1.14. The fraction of sp³-hybridized carbons (Fsp3) is 0.571. The third-order valence-corrected chi connectivity index (χ3v) is 4.43. The summed E-state index contributed by atoms with van der Waals surface area (Å²) in [6.07, 6.45) is 1.11. The van der Waals surface area contributed by atoms with Crippen LogP contribution in [0.4, 0.5) is 0 Å². The summed E-state index contributed by atoms with van der Waals surface area (Å²) in [5.41, 5.74) is 7.45. The van der Waals surface area contributed by atoms with Crippen molar-refractivity contribution in [1.82, 2.24) is 4.90 Å². The molecule has 0 radical (unpaired) electrons. The average Bonchev–Trinajstić information content (AvgIpc) is 2.33. The molecule has 2 nitrogen and oxygen atoms in total. The summed E-state index contributed by atoms with van der Waals surface area (Å²) in [5, 5.41) is 0. The number of benzene rings is 1. The van der Waals surface area contributed by atoms with E-state index in [-0.39, 0.29) is 12.4 Å². The molecule has 4 heteroatoms. The van der Waals surface area contributed by atoms with Crippen molar-refractivity contribution in [2.24, 2.45) is 11.7 Å². The molecule has 3 atom stereocenters. The van der Waals surface area contributed by atoms with E-state index in [0.717, 1.165) is 24.0 Å². The molecule has 3 unspecified atom stereocenters. The number of nitrogens with two attached hydrogens (primary N) is 1. The Hall–Kier alpha value is -0.0900. The molecular weight excluding hydrogens is 312 g/mol. The lowest BCUT2D eigenvalue weighted by atomic mass is 9.93. The normalized spacial score (nSPS) is 26.4. The van der Waals surface area contributed by atoms with Crippen molar-refractivity contribution >= 4 is 28.3 Å². The molecule has 1 heterocycles. The van der Waals surface area contributed by atoms with Crippen LogP contribution in [-0.2, 0) is 0 Å². The monoisotopic (exact) mass is 332 g/mol. The van der Waals surface area contributed by atoms with E-state index in [0.29, 0.717) is 18.0 Å². The van der Waals surface area contributed by atoms with Crippen LogP contribution in [0.15, 0.2) is 28.7 Å². The van der Waals surface area contributed by atoms with Crippen molar-refractivity contribution in [3.63, 3.8) is 0 Å². The highest BCUT2D eigenvalue weighted by molar-refractivity contribution is 9.10. The van der Waals surface area contributed by atoms with Gasteiger partial charge in [-0.15, -0.1) is 12.4 Å². The minimum atomic E-state index is 0. The van der Waals surface area contributed by atoms with Gasteiger partial charge in [-0.3, -0.25) is 4.90 Å². The number of hydrogen-bond donors (Lipinski definition) is 1. The molecular formula is C14H22BrClN2. The van der Waals surface area contributed by atoms with Gasteiger partial charge in [-0.25, -0.2) is 0 Å². The molecule has 2 rings (SSSR count). The van der Waals surface area contributed by atoms with E-state index >= 15 is 0 Å². The number of hydrogen-bond acceptors (Lipinski definition) is 2. The predicted octanol–water partition coefficient (Wildman–Crippen LogP) is 3.60. The quantitative estimate of drug-likeness (QED) is 0.896. The predicted molar refractivity (Wildman–Crippen MR) is 83.1 cm³/mol. The van der Waals surface area contributed by atoms with Gasteiger partial charge in [-0.05, 0) is 37.0 Å². The molecule has 1 aliphatic heterocycles. The zero-order chi connectivity index (χ0) is 12.4. The summed E-state index contributed by atoms with van der Waals surface area (Å²) in [7, 11) is 0. The first-order valence-corrected chi connectivity index (χ1v) is 7.12. The zero-order valence-electron chi connectivity index (χ0n) is 11.0. The van der Waals surface area contributed by atoms with Crippen LogP contribution >= 0.6 is 28.3 Å². The van der Waals surface area contributed by atoms with Gasteiger partial charge in [0.15, 0.2) is 0 Å². The van der Waals surface area contributed by atoms with Crippen molar-refractivity contribution in [2.75, 3.05) is 13.1 Å². The third kappa shape index (κ3) is 3.70. The van der Waals surface area contributed by atoms with Crippen molar-refractivity contribution in [3.05, 3.63) is 34.3 Å². The standard InChI is InChI=1S/C14H21BrN2.ClH/c1-10-9-17(8-7-14(10)16)11(2)12-3-5-13(15)6-4-12;/h3-6,10-11,14H,7-9,16H2,1-2H3;1H. The van der Waals surface area contributed by atoms with Gasteiger partial charge >= 0.3 is 0 Å². The van der Waals surface area contributed by atoms with Gasteiger partial charge in [0.25, 0.3) is 0 Å². The topological polar surface area (TPSA) is 29.3 Å². The van der Waals surface area contributed by atoms with Gasteiger partial charge in [0, 0.05) is 29.6 Å². The molecule has 1 aromatic carbocycles. The van der Waals surface area contributed by atoms with Gasteiger partial charge in [-0.2, -0.15) is 0 Å². The molecule has 1 saturated heterocycles. The van der Waals surface area contributed by atoms with E-state index in [1.165, 1.54) is 5.56 Å². The lowest BCUT2D eigenvalue weighted by Gasteiger charge is -2.38. The van der Waals surface area contributed by atoms with Crippen LogP contribution in [0.2, 0.25) is 0 Å². The maximum absolute atomic E-state index is 6.07. The summed E-state index contributed by atoms with van der Waals surface area (Å²) in [4.78, 5) is 2.54. The van der Waals surface area contributed by atoms with Crippen molar-refractivity contribution in [3.8, 4) is 0 Å². The summed E-state index contributed by atoms with van der Waals surface area (Å²) >= 11 is 3.48. The number of halogens is 2. The first kappa shape index (κ1) is 16.0. The summed E-state index contributed by atoms with van der Waals surface area (Å²) in [6, 6.07) is 9.50. The average molecular weight is 334 g/mol. The number of likely N-dealkylation sites (tertiary alicyclic amines) is 1. The van der Waals surface area contributed by atoms with Gasteiger partial charge in [-0.1, -0.05) is 35.0 Å². The Balaban J connectivity index is 0.00000162. The Morgan fingerprint density at radius 2 is 1.94 bits per heavy atom. The molecule has 2 N–H and O–H groups in total. The number of nitrogens with zero attached hydrogens (tertiary/aromatic N) is 1. The smallest absolute Gasteiger partial charge is 0.0320 e. The van der Waals surface area contributed by atoms with Crippen LogP contribution in [0.25, 0.3) is 0 Å². The van der Waals surface area contributed by atoms with Crippen LogP contribution in [0.1, 0.15) is 31.9 Å². The number of rotatable bonds is 2. The van der Waals surface area contributed by atoms with Gasteiger partial charge in [0.2, 0.25) is 0 Å². The maximum Gasteiger partial charge on any atom is 0.0320 e. The van der Waals surface area contributed by atoms with Crippen molar-refractivity contribution < 1.29 is 0 Å². The molecule has 0 spiro atoms. The Labute approximate surface area is 124 Å². The highest BCUT2D eigenvalue weighted by Crippen LogP contribution is 2.26. The van der Waals surface area contributed by atoms with E-state index in [9.17, 15) is 0 Å². The first-order chi connectivity index (χ1) is 8.08. The first-order valence-electron chi connectivity index (χ1n) is 6.33. The molecule has 1 aliphatic rings. The molecule has 102 valence electrons. The lowest BCUT2D eigenvalue weighted by molar-refractivity contribution is 0.124. The van der Waals surface area contributed by atoms with E-state index in [2.05, 4.69) is 58.9 Å². The van der Waals surface area contributed by atoms with Crippen LogP contribution < -0.4 is 5.73 Å². The minimum Gasteiger partial charge on any atom is -0.327 e. The highest BCUT2D eigenvalue weighted by atomic mass is 79.9. The minimum absolute atomic E-state index is 0. The largest absolute Gasteiger partial charge is 0.327 e. The van der Waals surface area contributed by atoms with E-state index in [1.54, 1.807) is 0 Å². The van der Waals surface area contributed by atoms with Gasteiger partial charge < -0.3 is 5.73 Å². The molecule has 0 bridgehead atoms. The molecule has 0 saturated carbocycles. The zero-order valence-corrected chi connectivity index (χ0v) is 13.4. The number of piperidine rings is 1. The Kier molecular flexibility index (Phi) is 6.12. The van der Waals surface area contributed by atoms with Crippen molar-refractivity contribution in [2.45, 2.75) is 32.4 Å². The SMILES string of the molecule is CC1CN(C(C)c2ccc(Br)cc2)CCC1N.Cl. The lowest BCUT2D eigenvalue weighted by Crippen LogP contribution is -2.46. The summed E-state index contributed by atoms with van der Waals surface area (Å²) in [6.45, 7) is 6.76. The Morgan fingerprint density at radius 3 is 2.50 bits per heavy atom. The van der Waals surface area contributed by atoms with Gasteiger partial charge in [0.05, 0.1) is 0 Å². The molecule has 1 aromatic rings. The Morgan fingerprint density at radius 1 is 1.33 bits per heavy atom. The van der Waals surface area contributed by atoms with E-state index in [1.807, 2.05) is 0 Å². The molecule has 18 heavy (non-hydrogen) atoms. The van der Waals surface area contributed by atoms with Crippen LogP contribution in [0.5, 0.6) is 0 Å². The van der Waals surface area contributed by atoms with Crippen LogP contribution in [-0.4, -0.2) is 24.0 Å². The summed E-state index contributed by atoms with van der Waals surface area (Å²) in [5.74, 6) is 0.599. The molecule has 1 fully saturated rings. The second-order valence-electron chi connectivity index (χ2n) is 5.15.